The van der Waals surface area contributed by atoms with E-state index in [1.54, 1.807) is 27.0 Å². The van der Waals surface area contributed by atoms with Crippen LogP contribution in [0.25, 0.3) is 10.9 Å². The summed E-state index contributed by atoms with van der Waals surface area (Å²) in [6.45, 7) is 5.80. The van der Waals surface area contributed by atoms with E-state index in [-0.39, 0.29) is 5.91 Å². The number of alkyl carbamates (subject to hydrolysis) is 1. The minimum atomic E-state index is -0.760. The first-order valence-corrected chi connectivity index (χ1v) is 10.4. The number of pyridine rings is 1. The van der Waals surface area contributed by atoms with Crippen molar-refractivity contribution in [3.05, 3.63) is 66.1 Å². The lowest BCUT2D eigenvalue weighted by molar-refractivity contribution is -0.123. The lowest BCUT2D eigenvalue weighted by Gasteiger charge is -2.23. The molecule has 2 N–H and O–H groups in total. The zero-order valence-electron chi connectivity index (χ0n) is 18.5. The van der Waals surface area contributed by atoms with Crippen molar-refractivity contribution in [2.45, 2.75) is 45.3 Å². The van der Waals surface area contributed by atoms with Crippen LogP contribution in [0.2, 0.25) is 0 Å². The normalized spacial score (nSPS) is 12.4. The molecule has 7 nitrogen and oxygen atoms in total. The third kappa shape index (κ3) is 6.31. The Hall–Kier alpha value is -3.35. The van der Waals surface area contributed by atoms with Crippen molar-refractivity contribution >= 4 is 22.9 Å². The fourth-order valence-electron chi connectivity index (χ4n) is 3.45. The molecule has 0 radical (unpaired) electrons. The van der Waals surface area contributed by atoms with Gasteiger partial charge in [0.25, 0.3) is 0 Å². The molecule has 0 saturated heterocycles. The molecule has 164 valence electrons. The standard InChI is InChI=1S/C24H30N4O3/c1-24(2,3)31-23(30)27-20(22(29)26-14-12-18-9-7-8-13-25-18)15-17-16-28(4)21-11-6-5-10-19(17)21/h5-11,13,16,20H,12,14-15H2,1-4H3,(H,26,29)(H,27,30). The first-order valence-electron chi connectivity index (χ1n) is 10.4. The molecule has 0 spiro atoms. The smallest absolute Gasteiger partial charge is 0.408 e. The Bertz CT molecular complexity index is 1040. The Morgan fingerprint density at radius 1 is 1.13 bits per heavy atom. The number of carbonyl (C=O) groups is 2. The molecule has 2 heterocycles. The van der Waals surface area contributed by atoms with Gasteiger partial charge in [0.05, 0.1) is 0 Å². The molecule has 7 heteroatoms. The average molecular weight is 423 g/mol. The summed E-state index contributed by atoms with van der Waals surface area (Å²) in [5.74, 6) is -0.255. The number of aryl methyl sites for hydroxylation is 1. The van der Waals surface area contributed by atoms with E-state index in [2.05, 4.69) is 15.6 Å². The van der Waals surface area contributed by atoms with Gasteiger partial charge in [-0.05, 0) is 44.5 Å². The van der Waals surface area contributed by atoms with Gasteiger partial charge < -0.3 is 19.9 Å². The number of benzene rings is 1. The molecular formula is C24H30N4O3. The highest BCUT2D eigenvalue weighted by molar-refractivity contribution is 5.88. The summed E-state index contributed by atoms with van der Waals surface area (Å²) in [5, 5.41) is 6.72. The van der Waals surface area contributed by atoms with Crippen LogP contribution in [-0.2, 0) is 29.4 Å². The minimum Gasteiger partial charge on any atom is -0.444 e. The van der Waals surface area contributed by atoms with Gasteiger partial charge in [-0.1, -0.05) is 24.3 Å². The number of hydrogen-bond acceptors (Lipinski definition) is 4. The molecule has 31 heavy (non-hydrogen) atoms. The first kappa shape index (κ1) is 22.3. The second kappa shape index (κ2) is 9.64. The van der Waals surface area contributed by atoms with Crippen LogP contribution < -0.4 is 10.6 Å². The van der Waals surface area contributed by atoms with E-state index in [1.807, 2.05) is 60.3 Å². The predicted molar refractivity (Wildman–Crippen MR) is 121 cm³/mol. The van der Waals surface area contributed by atoms with Crippen LogP contribution in [0.15, 0.2) is 54.9 Å². The van der Waals surface area contributed by atoms with Crippen molar-refractivity contribution in [2.75, 3.05) is 6.54 Å². The highest BCUT2D eigenvalue weighted by atomic mass is 16.6. The fourth-order valence-corrected chi connectivity index (χ4v) is 3.45. The van der Waals surface area contributed by atoms with Crippen molar-refractivity contribution in [1.82, 2.24) is 20.2 Å². The van der Waals surface area contributed by atoms with Crippen molar-refractivity contribution in [1.29, 1.82) is 0 Å². The van der Waals surface area contributed by atoms with E-state index in [9.17, 15) is 9.59 Å². The van der Waals surface area contributed by atoms with Gasteiger partial charge in [0.2, 0.25) is 5.91 Å². The molecule has 0 aliphatic carbocycles. The fraction of sp³-hybridized carbons (Fsp3) is 0.375. The average Bonchev–Trinajstić information content (AvgIpc) is 3.02. The number of nitrogens with zero attached hydrogens (tertiary/aromatic N) is 2. The molecule has 1 unspecified atom stereocenters. The highest BCUT2D eigenvalue weighted by Crippen LogP contribution is 2.21. The molecule has 3 rings (SSSR count). The molecule has 0 aliphatic rings. The van der Waals surface area contributed by atoms with Gasteiger partial charge in [-0.15, -0.1) is 0 Å². The summed E-state index contributed by atoms with van der Waals surface area (Å²) < 4.78 is 7.40. The number of para-hydroxylation sites is 1. The Morgan fingerprint density at radius 3 is 2.58 bits per heavy atom. The number of hydrogen-bond donors (Lipinski definition) is 2. The Morgan fingerprint density at radius 2 is 1.87 bits per heavy atom. The van der Waals surface area contributed by atoms with E-state index >= 15 is 0 Å². The molecular weight excluding hydrogens is 392 g/mol. The number of fused-ring (bicyclic) bond motifs is 1. The maximum Gasteiger partial charge on any atom is 0.408 e. The summed E-state index contributed by atoms with van der Waals surface area (Å²) in [4.78, 5) is 29.6. The van der Waals surface area contributed by atoms with Crippen molar-refractivity contribution in [3.63, 3.8) is 0 Å². The number of aromatic nitrogens is 2. The van der Waals surface area contributed by atoms with Gasteiger partial charge in [0.15, 0.2) is 0 Å². The zero-order chi connectivity index (χ0) is 22.4. The van der Waals surface area contributed by atoms with Crippen molar-refractivity contribution < 1.29 is 14.3 Å². The van der Waals surface area contributed by atoms with Crippen molar-refractivity contribution in [2.24, 2.45) is 7.05 Å². The van der Waals surface area contributed by atoms with Crippen LogP contribution in [0.1, 0.15) is 32.0 Å². The van der Waals surface area contributed by atoms with Crippen LogP contribution in [0, 0.1) is 0 Å². The summed E-state index contributed by atoms with van der Waals surface area (Å²) in [5.41, 5.74) is 2.31. The predicted octanol–water partition coefficient (Wildman–Crippen LogP) is 3.37. The molecule has 2 aromatic heterocycles. The van der Waals surface area contributed by atoms with Gasteiger partial charge in [-0.3, -0.25) is 9.78 Å². The molecule has 0 aliphatic heterocycles. The van der Waals surface area contributed by atoms with Crippen LogP contribution in [0.3, 0.4) is 0 Å². The molecule has 2 amide bonds. The number of carbonyl (C=O) groups excluding carboxylic acids is 2. The second-order valence-corrected chi connectivity index (χ2v) is 8.55. The van der Waals surface area contributed by atoms with E-state index in [0.717, 1.165) is 22.2 Å². The maximum absolute atomic E-state index is 13.0. The van der Waals surface area contributed by atoms with Crippen LogP contribution in [0.4, 0.5) is 4.79 Å². The first-order chi connectivity index (χ1) is 14.7. The molecule has 1 aromatic carbocycles. The lowest BCUT2D eigenvalue weighted by atomic mass is 10.0. The monoisotopic (exact) mass is 422 g/mol. The third-order valence-electron chi connectivity index (χ3n) is 4.82. The molecule has 0 bridgehead atoms. The molecule has 3 aromatic rings. The Kier molecular flexibility index (Phi) is 6.95. The largest absolute Gasteiger partial charge is 0.444 e. The van der Waals surface area contributed by atoms with E-state index in [0.29, 0.717) is 19.4 Å². The number of amides is 2. The number of nitrogens with one attached hydrogen (secondary N) is 2. The topological polar surface area (TPSA) is 85.2 Å². The van der Waals surface area contributed by atoms with Crippen LogP contribution >= 0.6 is 0 Å². The number of ether oxygens (including phenoxy) is 1. The lowest BCUT2D eigenvalue weighted by Crippen LogP contribution is -2.49. The Balaban J connectivity index is 1.73. The maximum atomic E-state index is 13.0. The minimum absolute atomic E-state index is 0.255. The summed E-state index contributed by atoms with van der Waals surface area (Å²) in [6.07, 6.45) is 4.08. The number of rotatable bonds is 7. The SMILES string of the molecule is Cn1cc(CC(NC(=O)OC(C)(C)C)C(=O)NCCc2ccccn2)c2ccccc21. The van der Waals surface area contributed by atoms with Crippen LogP contribution in [-0.4, -0.2) is 39.7 Å². The second-order valence-electron chi connectivity index (χ2n) is 8.55. The van der Waals surface area contributed by atoms with Crippen LogP contribution in [0.5, 0.6) is 0 Å². The van der Waals surface area contributed by atoms with Gasteiger partial charge >= 0.3 is 6.09 Å². The zero-order valence-corrected chi connectivity index (χ0v) is 18.5. The van der Waals surface area contributed by atoms with Crippen molar-refractivity contribution in [3.8, 4) is 0 Å². The van der Waals surface area contributed by atoms with Gasteiger partial charge in [0.1, 0.15) is 11.6 Å². The third-order valence-corrected chi connectivity index (χ3v) is 4.82. The summed E-state index contributed by atoms with van der Waals surface area (Å²) in [6, 6.07) is 12.9. The molecule has 0 fully saturated rings. The quantitative estimate of drug-likeness (QED) is 0.611. The molecule has 0 saturated carbocycles. The summed E-state index contributed by atoms with van der Waals surface area (Å²) >= 11 is 0. The molecule has 1 atom stereocenters. The van der Waals surface area contributed by atoms with Gasteiger partial charge in [0, 0.05) is 55.4 Å². The van der Waals surface area contributed by atoms with E-state index < -0.39 is 17.7 Å². The summed E-state index contributed by atoms with van der Waals surface area (Å²) in [7, 11) is 1.97. The van der Waals surface area contributed by atoms with Gasteiger partial charge in [-0.2, -0.15) is 0 Å². The Labute approximate surface area is 182 Å². The van der Waals surface area contributed by atoms with E-state index in [1.165, 1.54) is 0 Å². The van der Waals surface area contributed by atoms with Gasteiger partial charge in [-0.25, -0.2) is 4.79 Å². The highest BCUT2D eigenvalue weighted by Gasteiger charge is 2.25. The van der Waals surface area contributed by atoms with E-state index in [4.69, 9.17) is 4.74 Å².